The topological polar surface area (TPSA) is 37.3 Å². The number of thiazole rings is 1. The normalized spacial score (nSPS) is 10.7. The Morgan fingerprint density at radius 2 is 2.27 bits per heavy atom. The largest absolute Gasteiger partial charge is 0.253 e. The van der Waals surface area contributed by atoms with Crippen molar-refractivity contribution in [1.82, 2.24) is 4.98 Å². The van der Waals surface area contributed by atoms with Gasteiger partial charge in [0.15, 0.2) is 0 Å². The Balaban J connectivity index is 2.03. The molecule has 0 aliphatic rings. The third kappa shape index (κ3) is 3.00. The minimum atomic E-state index is 0.803. The van der Waals surface area contributed by atoms with E-state index in [2.05, 4.69) is 38.1 Å². The lowest BCUT2D eigenvalue weighted by atomic mass is 10.2. The van der Waals surface area contributed by atoms with E-state index in [1.54, 1.807) is 12.4 Å². The Bertz CT molecular complexity index is 453. The minimum absolute atomic E-state index is 0.803. The van der Waals surface area contributed by atoms with E-state index in [9.17, 15) is 0 Å². The molecular weight excluding hydrogens is 321 g/mol. The summed E-state index contributed by atoms with van der Waals surface area (Å²) in [6.07, 6.45) is 3.54. The summed E-state index contributed by atoms with van der Waals surface area (Å²) in [4.78, 5) is 4.06. The standard InChI is InChI=1S/C10H8IN3S/c11-9-4-2-1-3-8(9)7-13-14-10-12-5-6-15-10/h1-7H,(H,12,14)/b13-7-. The molecule has 15 heavy (non-hydrogen) atoms. The predicted octanol–water partition coefficient (Wildman–Crippen LogP) is 3.19. The molecule has 1 N–H and O–H groups in total. The summed E-state index contributed by atoms with van der Waals surface area (Å²) >= 11 is 3.81. The van der Waals surface area contributed by atoms with Crippen molar-refractivity contribution in [2.75, 3.05) is 5.43 Å². The molecule has 0 amide bonds. The fraction of sp³-hybridized carbons (Fsp3) is 0. The van der Waals surface area contributed by atoms with Crippen molar-refractivity contribution in [2.24, 2.45) is 5.10 Å². The van der Waals surface area contributed by atoms with Gasteiger partial charge in [0, 0.05) is 20.7 Å². The second kappa shape index (κ2) is 5.22. The Morgan fingerprint density at radius 3 is 3.00 bits per heavy atom. The van der Waals surface area contributed by atoms with Gasteiger partial charge in [-0.25, -0.2) is 4.98 Å². The minimum Gasteiger partial charge on any atom is -0.253 e. The molecule has 2 aromatic rings. The van der Waals surface area contributed by atoms with Gasteiger partial charge in [0.2, 0.25) is 5.13 Å². The van der Waals surface area contributed by atoms with Crippen LogP contribution in [0.3, 0.4) is 0 Å². The van der Waals surface area contributed by atoms with E-state index in [4.69, 9.17) is 0 Å². The summed E-state index contributed by atoms with van der Waals surface area (Å²) in [6.45, 7) is 0. The highest BCUT2D eigenvalue weighted by Gasteiger charge is 1.93. The molecule has 0 aliphatic heterocycles. The van der Waals surface area contributed by atoms with E-state index in [1.807, 2.05) is 29.6 Å². The van der Waals surface area contributed by atoms with Crippen LogP contribution in [0.15, 0.2) is 40.9 Å². The number of nitrogens with zero attached hydrogens (tertiary/aromatic N) is 2. The van der Waals surface area contributed by atoms with Gasteiger partial charge in [0.25, 0.3) is 0 Å². The van der Waals surface area contributed by atoms with Crippen LogP contribution in [0.2, 0.25) is 0 Å². The number of nitrogens with one attached hydrogen (secondary N) is 1. The zero-order chi connectivity index (χ0) is 10.5. The number of rotatable bonds is 3. The Morgan fingerprint density at radius 1 is 1.40 bits per heavy atom. The van der Waals surface area contributed by atoms with Crippen molar-refractivity contribution in [3.05, 3.63) is 45.0 Å². The van der Waals surface area contributed by atoms with E-state index in [1.165, 1.54) is 14.9 Å². The molecule has 1 aromatic heterocycles. The molecule has 0 fully saturated rings. The zero-order valence-electron chi connectivity index (χ0n) is 7.72. The van der Waals surface area contributed by atoms with Gasteiger partial charge >= 0.3 is 0 Å². The quantitative estimate of drug-likeness (QED) is 0.533. The number of hydrazone groups is 1. The first-order valence-corrected chi connectivity index (χ1v) is 6.25. The lowest BCUT2D eigenvalue weighted by Gasteiger charge is -1.96. The van der Waals surface area contributed by atoms with Gasteiger partial charge in [0.1, 0.15) is 0 Å². The zero-order valence-corrected chi connectivity index (χ0v) is 10.7. The smallest absolute Gasteiger partial charge is 0.203 e. The molecule has 5 heteroatoms. The molecule has 3 nitrogen and oxygen atoms in total. The molecule has 0 aliphatic carbocycles. The summed E-state index contributed by atoms with van der Waals surface area (Å²) in [7, 11) is 0. The van der Waals surface area contributed by atoms with Crippen LogP contribution in [0.1, 0.15) is 5.56 Å². The van der Waals surface area contributed by atoms with Crippen LogP contribution < -0.4 is 5.43 Å². The maximum absolute atomic E-state index is 4.11. The summed E-state index contributed by atoms with van der Waals surface area (Å²) < 4.78 is 1.18. The first-order valence-electron chi connectivity index (χ1n) is 4.29. The molecule has 0 atom stereocenters. The third-order valence-electron chi connectivity index (χ3n) is 1.70. The fourth-order valence-corrected chi connectivity index (χ4v) is 2.02. The van der Waals surface area contributed by atoms with E-state index < -0.39 is 0 Å². The van der Waals surface area contributed by atoms with Crippen LogP contribution in [0.25, 0.3) is 0 Å². The van der Waals surface area contributed by atoms with Crippen molar-refractivity contribution < 1.29 is 0 Å². The number of hydrogen-bond donors (Lipinski definition) is 1. The second-order valence-electron chi connectivity index (χ2n) is 2.73. The molecule has 0 unspecified atom stereocenters. The number of anilines is 1. The highest BCUT2D eigenvalue weighted by atomic mass is 127. The van der Waals surface area contributed by atoms with Crippen LogP contribution in [0, 0.1) is 3.57 Å². The molecule has 1 heterocycles. The fourth-order valence-electron chi connectivity index (χ4n) is 1.02. The number of halogens is 1. The van der Waals surface area contributed by atoms with Crippen molar-refractivity contribution in [1.29, 1.82) is 0 Å². The maximum atomic E-state index is 4.11. The van der Waals surface area contributed by atoms with Crippen LogP contribution in [0.4, 0.5) is 5.13 Å². The molecule has 1 aromatic carbocycles. The van der Waals surface area contributed by atoms with Crippen LogP contribution >= 0.6 is 33.9 Å². The van der Waals surface area contributed by atoms with E-state index in [-0.39, 0.29) is 0 Å². The van der Waals surface area contributed by atoms with Gasteiger partial charge in [-0.1, -0.05) is 18.2 Å². The lowest BCUT2D eigenvalue weighted by molar-refractivity contribution is 1.29. The molecule has 0 saturated heterocycles. The lowest BCUT2D eigenvalue weighted by Crippen LogP contribution is -1.91. The average molecular weight is 329 g/mol. The second-order valence-corrected chi connectivity index (χ2v) is 4.79. The van der Waals surface area contributed by atoms with E-state index in [0.717, 1.165) is 10.7 Å². The average Bonchev–Trinajstić information content (AvgIpc) is 2.74. The maximum Gasteiger partial charge on any atom is 0.203 e. The van der Waals surface area contributed by atoms with Gasteiger partial charge < -0.3 is 0 Å². The Kier molecular flexibility index (Phi) is 3.68. The third-order valence-corrected chi connectivity index (χ3v) is 3.36. The Hall–Kier alpha value is -0.950. The SMILES string of the molecule is Ic1ccccc1/C=N\Nc1nccs1. The predicted molar refractivity (Wildman–Crippen MR) is 72.5 cm³/mol. The van der Waals surface area contributed by atoms with Crippen molar-refractivity contribution in [2.45, 2.75) is 0 Å². The highest BCUT2D eigenvalue weighted by Crippen LogP contribution is 2.11. The molecule has 0 bridgehead atoms. The van der Waals surface area contributed by atoms with Crippen LogP contribution in [0.5, 0.6) is 0 Å². The summed E-state index contributed by atoms with van der Waals surface area (Å²) in [6, 6.07) is 8.07. The van der Waals surface area contributed by atoms with Crippen molar-refractivity contribution in [3.63, 3.8) is 0 Å². The number of aromatic nitrogens is 1. The first-order chi connectivity index (χ1) is 7.36. The Labute approximate surface area is 105 Å². The molecule has 76 valence electrons. The van der Waals surface area contributed by atoms with E-state index >= 15 is 0 Å². The van der Waals surface area contributed by atoms with Crippen molar-refractivity contribution >= 4 is 45.3 Å². The van der Waals surface area contributed by atoms with Crippen molar-refractivity contribution in [3.8, 4) is 0 Å². The van der Waals surface area contributed by atoms with Gasteiger partial charge in [-0.05, 0) is 28.7 Å². The monoisotopic (exact) mass is 329 g/mol. The molecule has 0 radical (unpaired) electrons. The van der Waals surface area contributed by atoms with Crippen LogP contribution in [-0.4, -0.2) is 11.2 Å². The van der Waals surface area contributed by atoms with Gasteiger partial charge in [-0.3, -0.25) is 5.43 Å². The molecule has 0 spiro atoms. The summed E-state index contributed by atoms with van der Waals surface area (Å²) in [5.41, 5.74) is 3.97. The van der Waals surface area contributed by atoms with Crippen LogP contribution in [-0.2, 0) is 0 Å². The first kappa shape index (κ1) is 10.6. The molecular formula is C10H8IN3S. The van der Waals surface area contributed by atoms with Gasteiger partial charge in [-0.2, -0.15) is 5.10 Å². The van der Waals surface area contributed by atoms with E-state index in [0.29, 0.717) is 0 Å². The van der Waals surface area contributed by atoms with Gasteiger partial charge in [0.05, 0.1) is 6.21 Å². The van der Waals surface area contributed by atoms with Gasteiger partial charge in [-0.15, -0.1) is 11.3 Å². The summed E-state index contributed by atoms with van der Waals surface area (Å²) in [5.74, 6) is 0. The summed E-state index contributed by atoms with van der Waals surface area (Å²) in [5, 5.41) is 6.82. The number of hydrogen-bond acceptors (Lipinski definition) is 4. The highest BCUT2D eigenvalue weighted by molar-refractivity contribution is 14.1. The molecule has 2 rings (SSSR count). The molecule has 0 saturated carbocycles. The number of benzene rings is 1.